The van der Waals surface area contributed by atoms with Crippen molar-refractivity contribution in [2.75, 3.05) is 4.90 Å². The van der Waals surface area contributed by atoms with Crippen LogP contribution in [0.1, 0.15) is 16.7 Å². The van der Waals surface area contributed by atoms with Gasteiger partial charge in [-0.3, -0.25) is 14.7 Å². The van der Waals surface area contributed by atoms with Gasteiger partial charge in [-0.2, -0.15) is 8.78 Å². The van der Waals surface area contributed by atoms with Crippen LogP contribution in [0.25, 0.3) is 6.08 Å². The Morgan fingerprint density at radius 2 is 2.00 bits per heavy atom. The van der Waals surface area contributed by atoms with Crippen LogP contribution in [0.5, 0.6) is 5.75 Å². The summed E-state index contributed by atoms with van der Waals surface area (Å²) in [6.07, 6.45) is 4.88. The SMILES string of the molecule is Cc1cc(/C=C2\SC(=S)N(c3cccnc3)C2=O)cc(C)c1OC(F)F. The molecule has 134 valence electrons. The highest BCUT2D eigenvalue weighted by molar-refractivity contribution is 8.27. The Morgan fingerprint density at radius 1 is 1.31 bits per heavy atom. The standard InChI is InChI=1S/C18H14F2N2O2S2/c1-10-6-12(7-11(2)15(10)24-17(19)20)8-14-16(23)22(18(25)26-14)13-4-3-5-21-9-13/h3-9,17H,1-2H3/b14-8-. The van der Waals surface area contributed by atoms with Gasteiger partial charge in [0.25, 0.3) is 5.91 Å². The summed E-state index contributed by atoms with van der Waals surface area (Å²) in [6.45, 7) is 0.486. The van der Waals surface area contributed by atoms with Gasteiger partial charge in [0.2, 0.25) is 0 Å². The average molecular weight is 392 g/mol. The molecule has 2 aromatic rings. The summed E-state index contributed by atoms with van der Waals surface area (Å²) in [5, 5.41) is 0. The summed E-state index contributed by atoms with van der Waals surface area (Å²) < 4.78 is 30.0. The van der Waals surface area contributed by atoms with Crippen molar-refractivity contribution in [3.8, 4) is 5.75 Å². The summed E-state index contributed by atoms with van der Waals surface area (Å²) in [7, 11) is 0. The number of alkyl halides is 2. The van der Waals surface area contributed by atoms with E-state index < -0.39 is 6.61 Å². The number of ether oxygens (including phenoxy) is 1. The lowest BCUT2D eigenvalue weighted by Crippen LogP contribution is -2.27. The van der Waals surface area contributed by atoms with E-state index in [1.807, 2.05) is 0 Å². The first-order chi connectivity index (χ1) is 12.4. The molecule has 1 saturated heterocycles. The minimum atomic E-state index is -2.88. The second-order valence-electron chi connectivity index (χ2n) is 5.59. The molecule has 1 aromatic heterocycles. The van der Waals surface area contributed by atoms with Gasteiger partial charge in [-0.25, -0.2) is 0 Å². The van der Waals surface area contributed by atoms with Crippen LogP contribution >= 0.6 is 24.0 Å². The maximum atomic E-state index is 12.7. The molecule has 2 heterocycles. The number of aryl methyl sites for hydroxylation is 2. The van der Waals surface area contributed by atoms with Crippen molar-refractivity contribution in [1.29, 1.82) is 0 Å². The number of hydrogen-bond acceptors (Lipinski definition) is 5. The molecule has 0 saturated carbocycles. The molecule has 1 fully saturated rings. The summed E-state index contributed by atoms with van der Waals surface area (Å²) in [5.41, 5.74) is 2.46. The Labute approximate surface area is 158 Å². The molecule has 1 aliphatic rings. The van der Waals surface area contributed by atoms with Gasteiger partial charge in [-0.15, -0.1) is 0 Å². The second-order valence-corrected chi connectivity index (χ2v) is 7.27. The number of thiocarbonyl (C=S) groups is 1. The molecular formula is C18H14F2N2O2S2. The van der Waals surface area contributed by atoms with Gasteiger partial charge in [0, 0.05) is 6.20 Å². The molecule has 1 aliphatic heterocycles. The number of thioether (sulfide) groups is 1. The third-order valence-electron chi connectivity index (χ3n) is 3.69. The van der Waals surface area contributed by atoms with Crippen molar-refractivity contribution in [3.63, 3.8) is 0 Å². The number of benzene rings is 1. The van der Waals surface area contributed by atoms with Crippen molar-refractivity contribution in [2.24, 2.45) is 0 Å². The molecule has 0 radical (unpaired) electrons. The normalized spacial score (nSPS) is 16.0. The number of nitrogens with zero attached hydrogens (tertiary/aromatic N) is 2. The van der Waals surface area contributed by atoms with Crippen molar-refractivity contribution in [2.45, 2.75) is 20.5 Å². The summed E-state index contributed by atoms with van der Waals surface area (Å²) in [4.78, 5) is 18.6. The van der Waals surface area contributed by atoms with E-state index >= 15 is 0 Å². The van der Waals surface area contributed by atoms with Gasteiger partial charge in [0.1, 0.15) is 5.75 Å². The lowest BCUT2D eigenvalue weighted by molar-refractivity contribution is -0.113. The van der Waals surface area contributed by atoms with Gasteiger partial charge in [0.15, 0.2) is 4.32 Å². The highest BCUT2D eigenvalue weighted by atomic mass is 32.2. The molecule has 0 unspecified atom stereocenters. The Morgan fingerprint density at radius 3 is 2.58 bits per heavy atom. The molecular weight excluding hydrogens is 378 g/mol. The monoisotopic (exact) mass is 392 g/mol. The molecule has 3 rings (SSSR count). The predicted molar refractivity (Wildman–Crippen MR) is 102 cm³/mol. The fraction of sp³-hybridized carbons (Fsp3) is 0.167. The first-order valence-electron chi connectivity index (χ1n) is 7.61. The van der Waals surface area contributed by atoms with Crippen molar-refractivity contribution in [1.82, 2.24) is 4.98 Å². The molecule has 1 aromatic carbocycles. The van der Waals surface area contributed by atoms with Crippen LogP contribution in [0.2, 0.25) is 0 Å². The molecule has 0 aliphatic carbocycles. The minimum absolute atomic E-state index is 0.153. The lowest BCUT2D eigenvalue weighted by Gasteiger charge is -2.13. The number of aromatic nitrogens is 1. The molecule has 0 bridgehead atoms. The van der Waals surface area contributed by atoms with E-state index in [1.54, 1.807) is 56.6 Å². The number of carbonyl (C=O) groups excluding carboxylic acids is 1. The Balaban J connectivity index is 1.91. The predicted octanol–water partition coefficient (Wildman–Crippen LogP) is 4.71. The van der Waals surface area contributed by atoms with E-state index in [2.05, 4.69) is 9.72 Å². The number of amides is 1. The second kappa shape index (κ2) is 7.51. The summed E-state index contributed by atoms with van der Waals surface area (Å²) in [6, 6.07) is 6.88. The highest BCUT2D eigenvalue weighted by Gasteiger charge is 2.33. The van der Waals surface area contributed by atoms with E-state index in [9.17, 15) is 13.6 Å². The number of halogens is 2. The van der Waals surface area contributed by atoms with Crippen LogP contribution in [-0.2, 0) is 4.79 Å². The molecule has 1 amide bonds. The Hall–Kier alpha value is -2.32. The maximum Gasteiger partial charge on any atom is 0.387 e. The summed E-state index contributed by atoms with van der Waals surface area (Å²) in [5.74, 6) is -0.0868. The van der Waals surface area contributed by atoms with Crippen LogP contribution in [0.4, 0.5) is 14.5 Å². The van der Waals surface area contributed by atoms with E-state index in [-0.39, 0.29) is 11.7 Å². The fourth-order valence-electron chi connectivity index (χ4n) is 2.67. The van der Waals surface area contributed by atoms with E-state index in [1.165, 1.54) is 16.7 Å². The molecule has 26 heavy (non-hydrogen) atoms. The number of hydrogen-bond donors (Lipinski definition) is 0. The van der Waals surface area contributed by atoms with E-state index in [0.29, 0.717) is 31.6 Å². The zero-order valence-corrected chi connectivity index (χ0v) is 15.5. The minimum Gasteiger partial charge on any atom is -0.434 e. The van der Waals surface area contributed by atoms with Crippen molar-refractivity contribution in [3.05, 3.63) is 58.3 Å². The molecule has 4 nitrogen and oxygen atoms in total. The number of carbonyl (C=O) groups is 1. The van der Waals surface area contributed by atoms with Crippen LogP contribution in [0, 0.1) is 13.8 Å². The highest BCUT2D eigenvalue weighted by Crippen LogP contribution is 2.36. The fourth-order valence-corrected chi connectivity index (χ4v) is 3.97. The van der Waals surface area contributed by atoms with Crippen molar-refractivity contribution < 1.29 is 18.3 Å². The molecule has 0 spiro atoms. The average Bonchev–Trinajstić information content (AvgIpc) is 2.85. The quantitative estimate of drug-likeness (QED) is 0.557. The van der Waals surface area contributed by atoms with Gasteiger partial charge in [-0.1, -0.05) is 24.0 Å². The van der Waals surface area contributed by atoms with E-state index in [4.69, 9.17) is 12.2 Å². The first-order valence-corrected chi connectivity index (χ1v) is 8.83. The van der Waals surface area contributed by atoms with Gasteiger partial charge in [0.05, 0.1) is 16.8 Å². The largest absolute Gasteiger partial charge is 0.434 e. The van der Waals surface area contributed by atoms with Gasteiger partial charge < -0.3 is 4.74 Å². The smallest absolute Gasteiger partial charge is 0.387 e. The van der Waals surface area contributed by atoms with E-state index in [0.717, 1.165) is 0 Å². The van der Waals surface area contributed by atoms with Crippen LogP contribution < -0.4 is 9.64 Å². The number of pyridine rings is 1. The van der Waals surface area contributed by atoms with Crippen molar-refractivity contribution >= 4 is 46.0 Å². The molecule has 0 atom stereocenters. The Kier molecular flexibility index (Phi) is 5.33. The number of anilines is 1. The van der Waals surface area contributed by atoms with Crippen LogP contribution in [-0.4, -0.2) is 21.8 Å². The van der Waals surface area contributed by atoms with Crippen LogP contribution in [0.15, 0.2) is 41.6 Å². The maximum absolute atomic E-state index is 12.7. The Bertz CT molecular complexity index is 878. The molecule has 0 N–H and O–H groups in total. The van der Waals surface area contributed by atoms with Gasteiger partial charge in [-0.05, 0) is 60.9 Å². The third kappa shape index (κ3) is 3.76. The topological polar surface area (TPSA) is 42.4 Å². The zero-order valence-electron chi connectivity index (χ0n) is 13.9. The lowest BCUT2D eigenvalue weighted by atomic mass is 10.1. The third-order valence-corrected chi connectivity index (χ3v) is 4.99. The van der Waals surface area contributed by atoms with Crippen LogP contribution in [0.3, 0.4) is 0 Å². The summed E-state index contributed by atoms with van der Waals surface area (Å²) >= 11 is 6.50. The van der Waals surface area contributed by atoms with Gasteiger partial charge >= 0.3 is 6.61 Å². The molecule has 8 heteroatoms. The number of rotatable bonds is 4. The first kappa shape index (κ1) is 18.5. The zero-order chi connectivity index (χ0) is 18.8.